The van der Waals surface area contributed by atoms with Crippen LogP contribution in [0.15, 0.2) is 42.5 Å². The molecule has 0 spiro atoms. The fraction of sp³-hybridized carbons (Fsp3) is 0.333. The van der Waals surface area contributed by atoms with Crippen LogP contribution in [0.1, 0.15) is 31.4 Å². The number of nitro groups is 1. The lowest BCUT2D eigenvalue weighted by Gasteiger charge is -2.29. The molecule has 0 heterocycles. The fourth-order valence-electron chi connectivity index (χ4n) is 2.92. The molecule has 0 saturated carbocycles. The van der Waals surface area contributed by atoms with Crippen molar-refractivity contribution in [2.45, 2.75) is 39.3 Å². The van der Waals surface area contributed by atoms with E-state index in [4.69, 9.17) is 23.2 Å². The number of carbonyl (C=O) groups is 2. The minimum absolute atomic E-state index is 0.108. The summed E-state index contributed by atoms with van der Waals surface area (Å²) >= 11 is 12.0. The van der Waals surface area contributed by atoms with Crippen molar-refractivity contribution < 1.29 is 14.5 Å². The van der Waals surface area contributed by atoms with Crippen LogP contribution < -0.4 is 5.32 Å². The van der Waals surface area contributed by atoms with Crippen molar-refractivity contribution in [3.63, 3.8) is 0 Å². The molecule has 0 radical (unpaired) electrons. The fourth-order valence-corrected chi connectivity index (χ4v) is 3.24. The second-order valence-corrected chi connectivity index (χ2v) is 7.61. The molecule has 0 aromatic heterocycles. The van der Waals surface area contributed by atoms with Crippen LogP contribution in [0.5, 0.6) is 0 Å². The summed E-state index contributed by atoms with van der Waals surface area (Å²) in [6, 6.07) is 10.3. The van der Waals surface area contributed by atoms with Gasteiger partial charge >= 0.3 is 0 Å². The highest BCUT2D eigenvalue weighted by molar-refractivity contribution is 6.42. The minimum atomic E-state index is -0.777. The van der Waals surface area contributed by atoms with Gasteiger partial charge in [-0.25, -0.2) is 0 Å². The van der Waals surface area contributed by atoms with E-state index in [0.29, 0.717) is 22.2 Å². The third-order valence-electron chi connectivity index (χ3n) is 4.58. The molecular formula is C21H23Cl2N3O4. The molecule has 0 bridgehead atoms. The summed E-state index contributed by atoms with van der Waals surface area (Å²) in [5, 5.41) is 14.8. The molecule has 2 rings (SSSR count). The van der Waals surface area contributed by atoms with E-state index in [-0.39, 0.29) is 30.1 Å². The zero-order valence-corrected chi connectivity index (χ0v) is 18.2. The van der Waals surface area contributed by atoms with Crippen LogP contribution in [0.4, 0.5) is 5.69 Å². The highest BCUT2D eigenvalue weighted by Crippen LogP contribution is 2.25. The van der Waals surface area contributed by atoms with E-state index in [2.05, 4.69) is 5.32 Å². The predicted molar refractivity (Wildman–Crippen MR) is 117 cm³/mol. The largest absolute Gasteiger partial charge is 0.354 e. The van der Waals surface area contributed by atoms with Crippen molar-refractivity contribution in [3.05, 3.63) is 73.8 Å². The van der Waals surface area contributed by atoms with Gasteiger partial charge in [-0.1, -0.05) is 54.4 Å². The van der Waals surface area contributed by atoms with Crippen LogP contribution in [0.2, 0.25) is 10.0 Å². The Morgan fingerprint density at radius 2 is 1.87 bits per heavy atom. The van der Waals surface area contributed by atoms with Crippen LogP contribution in [-0.2, 0) is 22.6 Å². The van der Waals surface area contributed by atoms with Gasteiger partial charge in [0.25, 0.3) is 5.69 Å². The molecule has 7 nitrogen and oxygen atoms in total. The molecule has 0 fully saturated rings. The summed E-state index contributed by atoms with van der Waals surface area (Å²) < 4.78 is 0. The average Bonchev–Trinajstić information content (AvgIpc) is 2.72. The lowest BCUT2D eigenvalue weighted by atomic mass is 10.1. The molecule has 1 unspecified atom stereocenters. The second-order valence-electron chi connectivity index (χ2n) is 6.80. The lowest BCUT2D eigenvalue weighted by molar-refractivity contribution is -0.385. The van der Waals surface area contributed by atoms with Gasteiger partial charge in [0.05, 0.1) is 21.4 Å². The number of nitrogens with zero attached hydrogens (tertiary/aromatic N) is 2. The molecule has 2 aromatic carbocycles. The molecule has 2 aromatic rings. The summed E-state index contributed by atoms with van der Waals surface area (Å²) in [4.78, 5) is 37.8. The normalized spacial score (nSPS) is 11.6. The molecule has 30 heavy (non-hydrogen) atoms. The molecule has 9 heteroatoms. The van der Waals surface area contributed by atoms with E-state index in [1.165, 1.54) is 17.0 Å². The van der Waals surface area contributed by atoms with Crippen molar-refractivity contribution in [3.8, 4) is 0 Å². The maximum absolute atomic E-state index is 13.1. The molecule has 160 valence electrons. The first kappa shape index (κ1) is 23.6. The number of amides is 2. The number of nitrogens with one attached hydrogen (secondary N) is 1. The maximum atomic E-state index is 13.1. The van der Waals surface area contributed by atoms with Gasteiger partial charge in [0.2, 0.25) is 11.8 Å². The van der Waals surface area contributed by atoms with Crippen molar-refractivity contribution >= 4 is 40.7 Å². The monoisotopic (exact) mass is 451 g/mol. The maximum Gasteiger partial charge on any atom is 0.273 e. The van der Waals surface area contributed by atoms with E-state index in [9.17, 15) is 19.7 Å². The molecular weight excluding hydrogens is 429 g/mol. The van der Waals surface area contributed by atoms with Gasteiger partial charge in [-0.05, 0) is 31.0 Å². The van der Waals surface area contributed by atoms with Gasteiger partial charge in [0, 0.05) is 24.7 Å². The smallest absolute Gasteiger partial charge is 0.273 e. The van der Waals surface area contributed by atoms with Crippen molar-refractivity contribution in [2.75, 3.05) is 6.54 Å². The number of para-hydroxylation sites is 1. The Labute approximate surface area is 185 Å². The summed E-state index contributed by atoms with van der Waals surface area (Å²) in [7, 11) is 0. The Morgan fingerprint density at radius 3 is 2.50 bits per heavy atom. The highest BCUT2D eigenvalue weighted by atomic mass is 35.5. The molecule has 0 aliphatic rings. The first-order valence-corrected chi connectivity index (χ1v) is 10.2. The first-order chi connectivity index (χ1) is 14.2. The first-order valence-electron chi connectivity index (χ1n) is 9.48. The number of benzene rings is 2. The molecule has 1 N–H and O–H groups in total. The Hall–Kier alpha value is -2.64. The predicted octanol–water partition coefficient (Wildman–Crippen LogP) is 4.39. The molecule has 0 aliphatic carbocycles. The van der Waals surface area contributed by atoms with Gasteiger partial charge in [0.15, 0.2) is 0 Å². The number of hydrogen-bond donors (Lipinski definition) is 1. The van der Waals surface area contributed by atoms with E-state index in [1.54, 1.807) is 37.3 Å². The standard InChI is InChI=1S/C21H23Cl2N3O4/c1-3-10-24-21(28)14(2)25(13-15-8-9-17(22)18(23)11-15)20(27)12-16-6-4-5-7-19(16)26(29)30/h4-9,11,14H,3,10,12-13H2,1-2H3,(H,24,28). The third-order valence-corrected chi connectivity index (χ3v) is 5.32. The van der Waals surface area contributed by atoms with Crippen molar-refractivity contribution in [1.29, 1.82) is 0 Å². The average molecular weight is 452 g/mol. The topological polar surface area (TPSA) is 92.6 Å². The number of rotatable bonds is 9. The molecule has 1 atom stereocenters. The van der Waals surface area contributed by atoms with Crippen LogP contribution in [-0.4, -0.2) is 34.2 Å². The Morgan fingerprint density at radius 1 is 1.17 bits per heavy atom. The van der Waals surface area contributed by atoms with Gasteiger partial charge in [-0.2, -0.15) is 0 Å². The summed E-state index contributed by atoms with van der Waals surface area (Å²) in [6.45, 7) is 4.15. The number of carbonyl (C=O) groups excluding carboxylic acids is 2. The Balaban J connectivity index is 2.31. The SMILES string of the molecule is CCCNC(=O)C(C)N(Cc1ccc(Cl)c(Cl)c1)C(=O)Cc1ccccc1[N+](=O)[O-]. The van der Waals surface area contributed by atoms with Gasteiger partial charge < -0.3 is 10.2 Å². The van der Waals surface area contributed by atoms with Crippen LogP contribution >= 0.6 is 23.2 Å². The number of halogens is 2. The third kappa shape index (κ3) is 6.18. The van der Waals surface area contributed by atoms with Gasteiger partial charge in [0.1, 0.15) is 6.04 Å². The Bertz CT molecular complexity index is 936. The van der Waals surface area contributed by atoms with E-state index in [0.717, 1.165) is 6.42 Å². The van der Waals surface area contributed by atoms with Crippen LogP contribution in [0.25, 0.3) is 0 Å². The molecule has 0 saturated heterocycles. The zero-order chi connectivity index (χ0) is 22.3. The minimum Gasteiger partial charge on any atom is -0.354 e. The highest BCUT2D eigenvalue weighted by Gasteiger charge is 2.27. The van der Waals surface area contributed by atoms with Crippen molar-refractivity contribution in [2.24, 2.45) is 0 Å². The van der Waals surface area contributed by atoms with E-state index in [1.807, 2.05) is 6.92 Å². The quantitative estimate of drug-likeness (QED) is 0.451. The van der Waals surface area contributed by atoms with Gasteiger partial charge in [-0.15, -0.1) is 0 Å². The van der Waals surface area contributed by atoms with E-state index < -0.39 is 16.9 Å². The molecule has 2 amide bonds. The Kier molecular flexibility index (Phi) is 8.62. The zero-order valence-electron chi connectivity index (χ0n) is 16.7. The van der Waals surface area contributed by atoms with Crippen LogP contribution in [0, 0.1) is 10.1 Å². The lowest BCUT2D eigenvalue weighted by Crippen LogP contribution is -2.48. The number of hydrogen-bond acceptors (Lipinski definition) is 4. The van der Waals surface area contributed by atoms with Crippen molar-refractivity contribution in [1.82, 2.24) is 10.2 Å². The molecule has 0 aliphatic heterocycles. The summed E-state index contributed by atoms with van der Waals surface area (Å²) in [6.07, 6.45) is 0.555. The van der Waals surface area contributed by atoms with Gasteiger partial charge in [-0.3, -0.25) is 19.7 Å². The summed E-state index contributed by atoms with van der Waals surface area (Å²) in [5.41, 5.74) is 0.840. The van der Waals surface area contributed by atoms with Crippen LogP contribution in [0.3, 0.4) is 0 Å². The number of nitro benzene ring substituents is 1. The van der Waals surface area contributed by atoms with E-state index >= 15 is 0 Å². The summed E-state index contributed by atoms with van der Waals surface area (Å²) in [5.74, 6) is -0.706. The second kappa shape index (κ2) is 10.9.